The topological polar surface area (TPSA) is 67.2 Å². The number of piperidine rings is 1. The first-order valence-electron chi connectivity index (χ1n) is 8.70. The van der Waals surface area contributed by atoms with E-state index in [4.69, 9.17) is 0 Å². The largest absolute Gasteiger partial charge is 0.344 e. The molecule has 6 nitrogen and oxygen atoms in total. The maximum atomic E-state index is 13.0. The maximum Gasteiger partial charge on any atom is 0.245 e. The molecule has 2 fully saturated rings. The van der Waals surface area contributed by atoms with Crippen LogP contribution in [0.4, 0.5) is 0 Å². The molecule has 2 atom stereocenters. The highest BCUT2D eigenvalue weighted by molar-refractivity contribution is 5.87. The second-order valence-corrected chi connectivity index (χ2v) is 6.79. The third-order valence-corrected chi connectivity index (χ3v) is 5.10. The van der Waals surface area contributed by atoms with Crippen LogP contribution < -0.4 is 5.32 Å². The highest BCUT2D eigenvalue weighted by Gasteiger charge is 2.36. The lowest BCUT2D eigenvalue weighted by atomic mass is 9.95. The molecule has 126 valence electrons. The van der Waals surface area contributed by atoms with Gasteiger partial charge in [-0.1, -0.05) is 12.8 Å². The first kappa shape index (κ1) is 16.0. The average Bonchev–Trinajstić information content (AvgIpc) is 3.25. The molecule has 1 saturated heterocycles. The number of rotatable bonds is 4. The molecule has 0 bridgehead atoms. The zero-order valence-electron chi connectivity index (χ0n) is 13.8. The average molecular weight is 318 g/mol. The van der Waals surface area contributed by atoms with Gasteiger partial charge >= 0.3 is 0 Å². The highest BCUT2D eigenvalue weighted by atomic mass is 16.2. The summed E-state index contributed by atoms with van der Waals surface area (Å²) in [6, 6.07) is 1.80. The maximum absolute atomic E-state index is 13.0. The molecule has 1 aromatic heterocycles. The van der Waals surface area contributed by atoms with Crippen molar-refractivity contribution in [2.24, 2.45) is 5.92 Å². The molecule has 0 spiro atoms. The molecule has 1 saturated carbocycles. The van der Waals surface area contributed by atoms with E-state index < -0.39 is 0 Å². The predicted molar refractivity (Wildman–Crippen MR) is 86.6 cm³/mol. The second kappa shape index (κ2) is 7.15. The van der Waals surface area contributed by atoms with Crippen LogP contribution >= 0.6 is 0 Å². The Morgan fingerprint density at radius 1 is 1.22 bits per heavy atom. The summed E-state index contributed by atoms with van der Waals surface area (Å²) in [6.45, 7) is 2.96. The summed E-state index contributed by atoms with van der Waals surface area (Å²) in [5, 5.41) is 7.23. The lowest BCUT2D eigenvalue weighted by Gasteiger charge is -2.36. The van der Waals surface area contributed by atoms with Gasteiger partial charge in [-0.05, 0) is 37.7 Å². The molecule has 2 unspecified atom stereocenters. The minimum absolute atomic E-state index is 0.0870. The number of likely N-dealkylation sites (tertiary alicyclic amines) is 1. The van der Waals surface area contributed by atoms with E-state index in [2.05, 4.69) is 10.4 Å². The Balaban J connectivity index is 1.69. The van der Waals surface area contributed by atoms with Crippen LogP contribution in [0.5, 0.6) is 0 Å². The SMILES string of the molecule is CC(=O)NC(C(=O)N1CCCC(n2cccn2)C1)C1CCCC1. The normalized spacial score (nSPS) is 23.7. The van der Waals surface area contributed by atoms with Gasteiger partial charge in [0, 0.05) is 32.4 Å². The molecule has 1 N–H and O–H groups in total. The van der Waals surface area contributed by atoms with Crippen LogP contribution in [-0.2, 0) is 9.59 Å². The Hall–Kier alpha value is -1.85. The van der Waals surface area contributed by atoms with Crippen molar-refractivity contribution in [2.45, 2.75) is 57.5 Å². The monoisotopic (exact) mass is 318 g/mol. The van der Waals surface area contributed by atoms with E-state index in [1.54, 1.807) is 6.20 Å². The Morgan fingerprint density at radius 2 is 2.00 bits per heavy atom. The molecule has 1 aliphatic carbocycles. The molecule has 0 aromatic carbocycles. The Bertz CT molecular complexity index is 537. The molecule has 2 amide bonds. The van der Waals surface area contributed by atoms with Crippen molar-refractivity contribution in [1.82, 2.24) is 20.0 Å². The van der Waals surface area contributed by atoms with E-state index in [-0.39, 0.29) is 29.8 Å². The van der Waals surface area contributed by atoms with Crippen molar-refractivity contribution in [3.05, 3.63) is 18.5 Å². The third kappa shape index (κ3) is 3.74. The van der Waals surface area contributed by atoms with Crippen LogP contribution in [0.1, 0.15) is 51.5 Å². The second-order valence-electron chi connectivity index (χ2n) is 6.79. The zero-order chi connectivity index (χ0) is 16.2. The first-order chi connectivity index (χ1) is 11.1. The molecule has 23 heavy (non-hydrogen) atoms. The van der Waals surface area contributed by atoms with Crippen molar-refractivity contribution in [3.63, 3.8) is 0 Å². The predicted octanol–water partition coefficient (Wildman–Crippen LogP) is 1.74. The van der Waals surface area contributed by atoms with Gasteiger partial charge in [-0.3, -0.25) is 14.3 Å². The van der Waals surface area contributed by atoms with E-state index in [1.165, 1.54) is 6.92 Å². The summed E-state index contributed by atoms with van der Waals surface area (Å²) in [6.07, 6.45) is 10.1. The smallest absolute Gasteiger partial charge is 0.245 e. The van der Waals surface area contributed by atoms with Gasteiger partial charge in [0.1, 0.15) is 6.04 Å². The fraction of sp³-hybridized carbons (Fsp3) is 0.706. The quantitative estimate of drug-likeness (QED) is 0.919. The summed E-state index contributed by atoms with van der Waals surface area (Å²) in [4.78, 5) is 26.5. The molecule has 0 radical (unpaired) electrons. The number of nitrogens with one attached hydrogen (secondary N) is 1. The van der Waals surface area contributed by atoms with Gasteiger partial charge < -0.3 is 10.2 Å². The number of hydrogen-bond acceptors (Lipinski definition) is 3. The number of carbonyl (C=O) groups is 2. The fourth-order valence-corrected chi connectivity index (χ4v) is 3.96. The van der Waals surface area contributed by atoms with E-state index in [0.717, 1.165) is 45.1 Å². The van der Waals surface area contributed by atoms with Crippen LogP contribution in [0, 0.1) is 5.92 Å². The highest BCUT2D eigenvalue weighted by Crippen LogP contribution is 2.30. The van der Waals surface area contributed by atoms with Crippen LogP contribution in [0.3, 0.4) is 0 Å². The van der Waals surface area contributed by atoms with Gasteiger partial charge in [0.25, 0.3) is 0 Å². The van der Waals surface area contributed by atoms with E-state index in [9.17, 15) is 9.59 Å². The Morgan fingerprint density at radius 3 is 2.65 bits per heavy atom. The number of aromatic nitrogens is 2. The summed E-state index contributed by atoms with van der Waals surface area (Å²) >= 11 is 0. The molecule has 1 aromatic rings. The van der Waals surface area contributed by atoms with Gasteiger partial charge in [0.2, 0.25) is 11.8 Å². The van der Waals surface area contributed by atoms with Crippen LogP contribution in [0.15, 0.2) is 18.5 Å². The molecule has 3 rings (SSSR count). The molecule has 2 aliphatic rings. The van der Waals surface area contributed by atoms with Crippen molar-refractivity contribution < 1.29 is 9.59 Å². The lowest BCUT2D eigenvalue weighted by Crippen LogP contribution is -2.53. The van der Waals surface area contributed by atoms with Crippen LogP contribution in [-0.4, -0.2) is 45.6 Å². The summed E-state index contributed by atoms with van der Waals surface area (Å²) in [5.41, 5.74) is 0. The Labute approximate surface area is 137 Å². The van der Waals surface area contributed by atoms with E-state index in [1.807, 2.05) is 21.8 Å². The van der Waals surface area contributed by atoms with E-state index >= 15 is 0 Å². The minimum atomic E-state index is -0.355. The first-order valence-corrected chi connectivity index (χ1v) is 8.70. The van der Waals surface area contributed by atoms with Crippen LogP contribution in [0.25, 0.3) is 0 Å². The van der Waals surface area contributed by atoms with Crippen molar-refractivity contribution in [2.75, 3.05) is 13.1 Å². The standard InChI is InChI=1S/C17H26N4O2/c1-13(22)19-16(14-6-2-3-7-14)17(23)20-10-4-8-15(12-20)21-11-5-9-18-21/h5,9,11,14-16H,2-4,6-8,10,12H2,1H3,(H,19,22). The Kier molecular flexibility index (Phi) is 4.98. The molecule has 2 heterocycles. The van der Waals surface area contributed by atoms with Crippen LogP contribution in [0.2, 0.25) is 0 Å². The molecule has 1 aliphatic heterocycles. The van der Waals surface area contributed by atoms with Gasteiger partial charge in [0.15, 0.2) is 0 Å². The summed E-state index contributed by atoms with van der Waals surface area (Å²) < 4.78 is 1.95. The van der Waals surface area contributed by atoms with Gasteiger partial charge in [0.05, 0.1) is 6.04 Å². The third-order valence-electron chi connectivity index (χ3n) is 5.10. The van der Waals surface area contributed by atoms with Crippen molar-refractivity contribution >= 4 is 11.8 Å². The van der Waals surface area contributed by atoms with E-state index in [0.29, 0.717) is 6.54 Å². The molecular weight excluding hydrogens is 292 g/mol. The lowest BCUT2D eigenvalue weighted by molar-refractivity contribution is -0.139. The number of nitrogens with zero attached hydrogens (tertiary/aromatic N) is 3. The zero-order valence-corrected chi connectivity index (χ0v) is 13.8. The molecular formula is C17H26N4O2. The van der Waals surface area contributed by atoms with Gasteiger partial charge in [-0.25, -0.2) is 0 Å². The van der Waals surface area contributed by atoms with Crippen molar-refractivity contribution in [3.8, 4) is 0 Å². The van der Waals surface area contributed by atoms with Crippen molar-refractivity contribution in [1.29, 1.82) is 0 Å². The summed E-state index contributed by atoms with van der Waals surface area (Å²) in [5.74, 6) is 0.260. The number of amides is 2. The number of carbonyl (C=O) groups excluding carboxylic acids is 2. The number of hydrogen-bond donors (Lipinski definition) is 1. The van der Waals surface area contributed by atoms with Gasteiger partial charge in [-0.15, -0.1) is 0 Å². The van der Waals surface area contributed by atoms with Gasteiger partial charge in [-0.2, -0.15) is 5.10 Å². The fourth-order valence-electron chi connectivity index (χ4n) is 3.96. The molecule has 6 heteroatoms. The summed E-state index contributed by atoms with van der Waals surface area (Å²) in [7, 11) is 0. The minimum Gasteiger partial charge on any atom is -0.344 e.